The molecular weight excluding hydrogens is 692 g/mol. The Hall–Kier alpha value is -2.91. The van der Waals surface area contributed by atoms with E-state index in [4.69, 9.17) is 25.9 Å². The summed E-state index contributed by atoms with van der Waals surface area (Å²) in [5.74, 6) is 0. The normalized spacial score (nSPS) is 17.8. The Bertz CT molecular complexity index is 1570. The minimum Gasteiger partial charge on any atom is -0.444 e. The molecule has 2 aliphatic heterocycles. The highest BCUT2D eigenvalue weighted by Crippen LogP contribution is 2.26. The maximum atomic E-state index is 12.5. The predicted octanol–water partition coefficient (Wildman–Crippen LogP) is 6.10. The van der Waals surface area contributed by atoms with Gasteiger partial charge in [0.1, 0.15) is 11.2 Å². The van der Waals surface area contributed by atoms with Crippen LogP contribution in [0.15, 0.2) is 70.5 Å². The number of nitrogens with two attached hydrogens (primary N) is 1. The molecule has 0 atom stereocenters. The third-order valence-corrected chi connectivity index (χ3v) is 10.6. The quantitative estimate of drug-likeness (QED) is 0.352. The maximum Gasteiger partial charge on any atom is 0.410 e. The number of piperidine rings is 2. The van der Waals surface area contributed by atoms with E-state index in [9.17, 15) is 26.4 Å². The van der Waals surface area contributed by atoms with Crippen LogP contribution < -0.4 is 10.5 Å². The fourth-order valence-corrected chi connectivity index (χ4v) is 6.98. The lowest BCUT2D eigenvalue weighted by atomic mass is 9.91. The summed E-state index contributed by atoms with van der Waals surface area (Å²) in [5, 5.41) is 0. The van der Waals surface area contributed by atoms with E-state index in [-0.39, 0.29) is 27.5 Å². The van der Waals surface area contributed by atoms with Gasteiger partial charge in [-0.1, -0.05) is 36.4 Å². The minimum atomic E-state index is -3.57. The van der Waals surface area contributed by atoms with Crippen molar-refractivity contribution in [1.29, 1.82) is 0 Å². The molecule has 49 heavy (non-hydrogen) atoms. The number of amides is 2. The monoisotopic (exact) mass is 744 g/mol. The average Bonchev–Trinajstić information content (AvgIpc) is 2.96. The predicted molar refractivity (Wildman–Crippen MR) is 191 cm³/mol. The molecule has 0 radical (unpaired) electrons. The molecule has 2 fully saturated rings. The van der Waals surface area contributed by atoms with Gasteiger partial charge in [-0.05, 0) is 105 Å². The third kappa shape index (κ3) is 15.7. The molecule has 2 aliphatic rings. The van der Waals surface area contributed by atoms with Crippen molar-refractivity contribution in [3.05, 3.63) is 60.7 Å². The van der Waals surface area contributed by atoms with E-state index in [0.29, 0.717) is 39.0 Å². The van der Waals surface area contributed by atoms with Gasteiger partial charge in [0.25, 0.3) is 9.05 Å². The largest absolute Gasteiger partial charge is 0.444 e. The molecule has 0 aromatic heterocycles. The van der Waals surface area contributed by atoms with Crippen LogP contribution in [0.3, 0.4) is 0 Å². The Labute approximate surface area is 297 Å². The summed E-state index contributed by atoms with van der Waals surface area (Å²) in [6.07, 6.45) is 2.18. The number of rotatable bonds is 4. The van der Waals surface area contributed by atoms with Crippen molar-refractivity contribution in [2.45, 2.75) is 113 Å². The second-order valence-corrected chi connectivity index (χ2v) is 19.1. The van der Waals surface area contributed by atoms with E-state index < -0.39 is 35.8 Å². The summed E-state index contributed by atoms with van der Waals surface area (Å²) in [5.41, 5.74) is 4.33. The first-order valence-corrected chi connectivity index (χ1v) is 19.9. The lowest BCUT2D eigenvalue weighted by Crippen LogP contribution is -2.54. The van der Waals surface area contributed by atoms with Gasteiger partial charge in [-0.3, -0.25) is 0 Å². The van der Waals surface area contributed by atoms with Crippen molar-refractivity contribution in [2.75, 3.05) is 26.2 Å². The average molecular weight is 745 g/mol. The van der Waals surface area contributed by atoms with Gasteiger partial charge < -0.3 is 25.0 Å². The Balaban J connectivity index is 0.000000283. The van der Waals surface area contributed by atoms with Gasteiger partial charge in [0.05, 0.1) is 9.79 Å². The van der Waals surface area contributed by atoms with Gasteiger partial charge >= 0.3 is 12.2 Å². The van der Waals surface area contributed by atoms with Crippen LogP contribution >= 0.6 is 10.7 Å². The SMILES string of the molecule is CC1(N)CCN(C(=O)OC(C)(C)C)CC1.CC1(NS(=O)(=O)c2ccccc2)CCN(C(=O)OC(C)(C)C)CC1.O=S(=O)(Cl)c1ccccc1. The van der Waals surface area contributed by atoms with Crippen molar-refractivity contribution in [2.24, 2.45) is 5.73 Å². The van der Waals surface area contributed by atoms with Crippen molar-refractivity contribution in [3.8, 4) is 0 Å². The molecule has 0 aliphatic carbocycles. The van der Waals surface area contributed by atoms with E-state index in [0.717, 1.165) is 12.8 Å². The highest BCUT2D eigenvalue weighted by Gasteiger charge is 2.37. The van der Waals surface area contributed by atoms with Crippen molar-refractivity contribution < 1.29 is 35.9 Å². The van der Waals surface area contributed by atoms with Gasteiger partial charge in [-0.25, -0.2) is 31.1 Å². The maximum absolute atomic E-state index is 12.5. The van der Waals surface area contributed by atoms with Crippen LogP contribution in [0.2, 0.25) is 0 Å². The zero-order chi connectivity index (χ0) is 37.3. The number of halogens is 1. The van der Waals surface area contributed by atoms with E-state index in [1.165, 1.54) is 12.1 Å². The zero-order valence-electron chi connectivity index (χ0n) is 29.9. The van der Waals surface area contributed by atoms with Crippen LogP contribution in [0.4, 0.5) is 9.59 Å². The molecule has 0 spiro atoms. The Kier molecular flexibility index (Phi) is 14.5. The molecule has 2 amide bonds. The third-order valence-electron chi connectivity index (χ3n) is 7.54. The fourth-order valence-electron chi connectivity index (χ4n) is 4.70. The summed E-state index contributed by atoms with van der Waals surface area (Å²) >= 11 is 0. The van der Waals surface area contributed by atoms with Crippen LogP contribution in [-0.4, -0.2) is 87.3 Å². The van der Waals surface area contributed by atoms with Gasteiger partial charge in [-0.2, -0.15) is 0 Å². The summed E-state index contributed by atoms with van der Waals surface area (Å²) < 4.78 is 59.6. The van der Waals surface area contributed by atoms with Crippen LogP contribution in [0.1, 0.15) is 81.1 Å². The van der Waals surface area contributed by atoms with Gasteiger partial charge in [0, 0.05) is 47.9 Å². The number of hydrogen-bond acceptors (Lipinski definition) is 9. The molecule has 15 heteroatoms. The molecule has 2 aromatic rings. The lowest BCUT2D eigenvalue weighted by Gasteiger charge is -2.39. The zero-order valence-corrected chi connectivity index (χ0v) is 32.3. The number of nitrogens with zero attached hydrogens (tertiary/aromatic N) is 2. The number of benzene rings is 2. The standard InChI is InChI=1S/C17H26N2O4S.C11H22N2O2.C6H5ClO2S/c1-16(2,3)23-15(20)19-12-10-17(4,11-13-19)18-24(21,22)14-8-6-5-7-9-14;1-10(2,3)15-9(14)13-7-5-11(4,12)6-8-13;7-10(8,9)6-4-2-1-3-5-6/h5-9,18H,10-13H2,1-4H3;5-8,12H2,1-4H3;1-5H. The van der Waals surface area contributed by atoms with Crippen LogP contribution in [-0.2, 0) is 28.5 Å². The first kappa shape index (κ1) is 42.3. The topological polar surface area (TPSA) is 165 Å². The van der Waals surface area contributed by atoms with Gasteiger partial charge in [0.15, 0.2) is 0 Å². The number of sulfonamides is 1. The van der Waals surface area contributed by atoms with Crippen molar-refractivity contribution >= 4 is 41.9 Å². The second kappa shape index (κ2) is 16.9. The number of likely N-dealkylation sites (tertiary alicyclic amines) is 2. The van der Waals surface area contributed by atoms with E-state index in [1.54, 1.807) is 58.3 Å². The molecule has 2 aromatic carbocycles. The smallest absolute Gasteiger partial charge is 0.410 e. The molecule has 0 unspecified atom stereocenters. The minimum absolute atomic E-state index is 0.126. The Morgan fingerprint density at radius 1 is 0.694 bits per heavy atom. The number of hydrogen-bond donors (Lipinski definition) is 2. The summed E-state index contributed by atoms with van der Waals surface area (Å²) in [7, 11) is -2.07. The van der Waals surface area contributed by atoms with Crippen LogP contribution in [0.25, 0.3) is 0 Å². The van der Waals surface area contributed by atoms with Crippen LogP contribution in [0, 0.1) is 0 Å². The number of carbonyl (C=O) groups excluding carboxylic acids is 2. The number of carbonyl (C=O) groups is 2. The molecule has 3 N–H and O–H groups in total. The van der Waals surface area contributed by atoms with Gasteiger partial charge in [0.2, 0.25) is 10.0 Å². The first-order valence-electron chi connectivity index (χ1n) is 16.1. The molecule has 2 heterocycles. The molecular formula is C34H53ClN4O8S2. The molecule has 12 nitrogen and oxygen atoms in total. The molecule has 2 saturated heterocycles. The molecule has 0 saturated carbocycles. The Morgan fingerprint density at radius 3 is 1.37 bits per heavy atom. The lowest BCUT2D eigenvalue weighted by molar-refractivity contribution is 0.0161. The highest BCUT2D eigenvalue weighted by atomic mass is 35.7. The van der Waals surface area contributed by atoms with Gasteiger partial charge in [-0.15, -0.1) is 0 Å². The van der Waals surface area contributed by atoms with Crippen molar-refractivity contribution in [1.82, 2.24) is 14.5 Å². The number of nitrogens with one attached hydrogen (secondary N) is 1. The first-order chi connectivity index (χ1) is 22.3. The summed E-state index contributed by atoms with van der Waals surface area (Å²) in [6, 6.07) is 16.2. The van der Waals surface area contributed by atoms with Crippen LogP contribution in [0.5, 0.6) is 0 Å². The van der Waals surface area contributed by atoms with E-state index in [2.05, 4.69) is 4.72 Å². The van der Waals surface area contributed by atoms with E-state index in [1.807, 2.05) is 55.4 Å². The highest BCUT2D eigenvalue weighted by molar-refractivity contribution is 8.13. The summed E-state index contributed by atoms with van der Waals surface area (Å²) in [6.45, 7) is 17.3. The fraction of sp³-hybridized carbons (Fsp3) is 0.588. The molecule has 276 valence electrons. The second-order valence-electron chi connectivity index (χ2n) is 14.8. The molecule has 4 rings (SSSR count). The summed E-state index contributed by atoms with van der Waals surface area (Å²) in [4.78, 5) is 27.5. The molecule has 0 bridgehead atoms. The number of ether oxygens (including phenoxy) is 2. The van der Waals surface area contributed by atoms with Crippen molar-refractivity contribution in [3.63, 3.8) is 0 Å². The Morgan fingerprint density at radius 2 is 1.04 bits per heavy atom. The van der Waals surface area contributed by atoms with E-state index >= 15 is 0 Å².